The van der Waals surface area contributed by atoms with Crippen molar-refractivity contribution in [1.29, 1.82) is 0 Å². The number of rotatable bonds is 2. The van der Waals surface area contributed by atoms with Crippen molar-refractivity contribution >= 4 is 5.69 Å². The lowest BCUT2D eigenvalue weighted by molar-refractivity contribution is -0.00539. The van der Waals surface area contributed by atoms with Gasteiger partial charge in [0, 0.05) is 13.1 Å². The molecule has 0 spiro atoms. The SMILES string of the molecule is CC1CN(c2ccc([C@@H](C)O)cc2F)CC(C)O1. The number of anilines is 1. The van der Waals surface area contributed by atoms with Crippen LogP contribution in [0.25, 0.3) is 0 Å². The first-order valence-electron chi connectivity index (χ1n) is 6.35. The van der Waals surface area contributed by atoms with Crippen molar-refractivity contribution in [2.45, 2.75) is 39.1 Å². The third kappa shape index (κ3) is 2.82. The molecule has 0 amide bonds. The highest BCUT2D eigenvalue weighted by molar-refractivity contribution is 5.50. The van der Waals surface area contributed by atoms with E-state index in [-0.39, 0.29) is 18.0 Å². The third-order valence-electron chi connectivity index (χ3n) is 3.21. The summed E-state index contributed by atoms with van der Waals surface area (Å²) in [6.07, 6.45) is -0.440. The molecule has 0 saturated carbocycles. The van der Waals surface area contributed by atoms with E-state index in [2.05, 4.69) is 0 Å². The minimum absolute atomic E-state index is 0.101. The molecule has 2 rings (SSSR count). The predicted molar refractivity (Wildman–Crippen MR) is 69.3 cm³/mol. The molecule has 0 bridgehead atoms. The lowest BCUT2D eigenvalue weighted by Gasteiger charge is -2.37. The third-order valence-corrected chi connectivity index (χ3v) is 3.21. The van der Waals surface area contributed by atoms with Crippen LogP contribution in [0, 0.1) is 5.82 Å². The van der Waals surface area contributed by atoms with Crippen LogP contribution < -0.4 is 4.90 Å². The summed E-state index contributed by atoms with van der Waals surface area (Å²) in [7, 11) is 0. The molecule has 0 radical (unpaired) electrons. The van der Waals surface area contributed by atoms with Gasteiger partial charge in [-0.1, -0.05) is 6.07 Å². The van der Waals surface area contributed by atoms with Crippen molar-refractivity contribution in [3.63, 3.8) is 0 Å². The lowest BCUT2D eigenvalue weighted by Crippen LogP contribution is -2.45. The second-order valence-electron chi connectivity index (χ2n) is 5.05. The molecule has 1 aromatic rings. The summed E-state index contributed by atoms with van der Waals surface area (Å²) < 4.78 is 19.7. The molecule has 1 aliphatic heterocycles. The maximum absolute atomic E-state index is 14.1. The van der Waals surface area contributed by atoms with Gasteiger partial charge in [0.05, 0.1) is 24.0 Å². The van der Waals surface area contributed by atoms with Crippen LogP contribution >= 0.6 is 0 Å². The second-order valence-corrected chi connectivity index (χ2v) is 5.05. The van der Waals surface area contributed by atoms with E-state index in [1.165, 1.54) is 6.07 Å². The Balaban J connectivity index is 2.22. The van der Waals surface area contributed by atoms with Gasteiger partial charge in [-0.3, -0.25) is 0 Å². The Morgan fingerprint density at radius 1 is 1.33 bits per heavy atom. The summed E-state index contributed by atoms with van der Waals surface area (Å²) in [6.45, 7) is 6.99. The Bertz CT molecular complexity index is 412. The highest BCUT2D eigenvalue weighted by atomic mass is 19.1. The fourth-order valence-electron chi connectivity index (χ4n) is 2.41. The van der Waals surface area contributed by atoms with E-state index in [0.29, 0.717) is 24.3 Å². The van der Waals surface area contributed by atoms with Gasteiger partial charge in [0.2, 0.25) is 0 Å². The number of morpholine rings is 1. The number of hydrogen-bond donors (Lipinski definition) is 1. The van der Waals surface area contributed by atoms with Gasteiger partial charge >= 0.3 is 0 Å². The Kier molecular flexibility index (Phi) is 3.88. The minimum Gasteiger partial charge on any atom is -0.389 e. The van der Waals surface area contributed by atoms with Crippen LogP contribution in [0.1, 0.15) is 32.4 Å². The van der Waals surface area contributed by atoms with Crippen molar-refractivity contribution < 1.29 is 14.2 Å². The molecular formula is C14H20FNO2. The molecule has 0 aromatic heterocycles. The van der Waals surface area contributed by atoms with Gasteiger partial charge in [-0.2, -0.15) is 0 Å². The van der Waals surface area contributed by atoms with Crippen molar-refractivity contribution in [2.24, 2.45) is 0 Å². The predicted octanol–water partition coefficient (Wildman–Crippen LogP) is 2.49. The Labute approximate surface area is 107 Å². The van der Waals surface area contributed by atoms with Gasteiger partial charge in [0.25, 0.3) is 0 Å². The highest BCUT2D eigenvalue weighted by Crippen LogP contribution is 2.26. The van der Waals surface area contributed by atoms with Crippen LogP contribution in [0.5, 0.6) is 0 Å². The largest absolute Gasteiger partial charge is 0.389 e. The minimum atomic E-state index is -0.643. The summed E-state index contributed by atoms with van der Waals surface area (Å²) >= 11 is 0. The van der Waals surface area contributed by atoms with Gasteiger partial charge in [0.15, 0.2) is 0 Å². The molecule has 100 valence electrons. The molecule has 1 saturated heterocycles. The monoisotopic (exact) mass is 253 g/mol. The molecule has 18 heavy (non-hydrogen) atoms. The first-order chi connectivity index (χ1) is 8.47. The van der Waals surface area contributed by atoms with E-state index in [9.17, 15) is 9.50 Å². The number of ether oxygens (including phenoxy) is 1. The lowest BCUT2D eigenvalue weighted by atomic mass is 10.1. The molecule has 3 nitrogen and oxygen atoms in total. The zero-order valence-corrected chi connectivity index (χ0v) is 11.1. The van der Waals surface area contributed by atoms with Crippen LogP contribution in [0.3, 0.4) is 0 Å². The van der Waals surface area contributed by atoms with Crippen LogP contribution in [0.2, 0.25) is 0 Å². The van der Waals surface area contributed by atoms with E-state index >= 15 is 0 Å². The Hall–Kier alpha value is -1.13. The van der Waals surface area contributed by atoms with Crippen molar-refractivity contribution in [2.75, 3.05) is 18.0 Å². The fourth-order valence-corrected chi connectivity index (χ4v) is 2.41. The van der Waals surface area contributed by atoms with Gasteiger partial charge in [-0.15, -0.1) is 0 Å². The van der Waals surface area contributed by atoms with Crippen molar-refractivity contribution in [3.05, 3.63) is 29.6 Å². The number of aliphatic hydroxyl groups is 1. The smallest absolute Gasteiger partial charge is 0.146 e. The summed E-state index contributed by atoms with van der Waals surface area (Å²) in [5.41, 5.74) is 1.19. The number of nitrogens with zero attached hydrogens (tertiary/aromatic N) is 1. The first-order valence-corrected chi connectivity index (χ1v) is 6.35. The van der Waals surface area contributed by atoms with Crippen LogP contribution in [-0.4, -0.2) is 30.4 Å². The molecule has 4 heteroatoms. The van der Waals surface area contributed by atoms with Gasteiger partial charge in [0.1, 0.15) is 5.82 Å². The summed E-state index contributed by atoms with van der Waals surface area (Å²) in [6, 6.07) is 4.92. The van der Waals surface area contributed by atoms with Crippen LogP contribution in [0.15, 0.2) is 18.2 Å². The zero-order chi connectivity index (χ0) is 13.3. The topological polar surface area (TPSA) is 32.7 Å². The first kappa shape index (κ1) is 13.3. The molecule has 1 aromatic carbocycles. The highest BCUT2D eigenvalue weighted by Gasteiger charge is 2.24. The summed E-state index contributed by atoms with van der Waals surface area (Å²) in [4.78, 5) is 2.00. The van der Waals surface area contributed by atoms with E-state index in [0.717, 1.165) is 0 Å². The Morgan fingerprint density at radius 2 is 1.94 bits per heavy atom. The van der Waals surface area contributed by atoms with E-state index in [4.69, 9.17) is 4.74 Å². The molecule has 3 atom stereocenters. The average Bonchev–Trinajstić information content (AvgIpc) is 2.27. The normalized spacial score (nSPS) is 26.2. The van der Waals surface area contributed by atoms with Gasteiger partial charge in [-0.05, 0) is 38.5 Å². The maximum atomic E-state index is 14.1. The second kappa shape index (κ2) is 5.24. The van der Waals surface area contributed by atoms with Crippen LogP contribution in [-0.2, 0) is 4.74 Å². The molecule has 1 N–H and O–H groups in total. The maximum Gasteiger partial charge on any atom is 0.146 e. The number of halogens is 1. The summed E-state index contributed by atoms with van der Waals surface area (Å²) in [5, 5.41) is 9.43. The summed E-state index contributed by atoms with van der Waals surface area (Å²) in [5.74, 6) is -0.283. The fraction of sp³-hybridized carbons (Fsp3) is 0.571. The molecule has 1 heterocycles. The molecule has 0 aliphatic carbocycles. The van der Waals surface area contributed by atoms with Crippen molar-refractivity contribution in [1.82, 2.24) is 0 Å². The number of aliphatic hydroxyl groups excluding tert-OH is 1. The molecular weight excluding hydrogens is 233 g/mol. The number of hydrogen-bond acceptors (Lipinski definition) is 3. The van der Waals surface area contributed by atoms with E-state index < -0.39 is 6.10 Å². The standard InChI is InChI=1S/C14H20FNO2/c1-9-7-16(8-10(2)18-9)14-5-4-12(11(3)17)6-13(14)15/h4-6,9-11,17H,7-8H2,1-3H3/t9?,10?,11-/m1/s1. The van der Waals surface area contributed by atoms with Gasteiger partial charge < -0.3 is 14.7 Å². The molecule has 1 aliphatic rings. The van der Waals surface area contributed by atoms with Gasteiger partial charge in [-0.25, -0.2) is 4.39 Å². The van der Waals surface area contributed by atoms with E-state index in [1.807, 2.05) is 18.7 Å². The molecule has 2 unspecified atom stereocenters. The zero-order valence-electron chi connectivity index (χ0n) is 11.1. The van der Waals surface area contributed by atoms with Crippen LogP contribution in [0.4, 0.5) is 10.1 Å². The average molecular weight is 253 g/mol. The number of benzene rings is 1. The molecule has 1 fully saturated rings. The quantitative estimate of drug-likeness (QED) is 0.879. The van der Waals surface area contributed by atoms with Crippen molar-refractivity contribution in [3.8, 4) is 0 Å². The van der Waals surface area contributed by atoms with E-state index in [1.54, 1.807) is 19.1 Å². The Morgan fingerprint density at radius 3 is 2.44 bits per heavy atom.